The highest BCUT2D eigenvalue weighted by atomic mass is 35.5. The van der Waals surface area contributed by atoms with Crippen molar-refractivity contribution in [2.45, 2.75) is 0 Å². The Balaban J connectivity index is 2.25. The summed E-state index contributed by atoms with van der Waals surface area (Å²) in [6, 6.07) is 7.46. The van der Waals surface area contributed by atoms with Gasteiger partial charge in [0, 0.05) is 18.9 Å². The van der Waals surface area contributed by atoms with Crippen molar-refractivity contribution in [2.24, 2.45) is 0 Å². The van der Waals surface area contributed by atoms with Crippen molar-refractivity contribution in [1.82, 2.24) is 4.98 Å². The molecule has 2 N–H and O–H groups in total. The number of benzene rings is 1. The summed E-state index contributed by atoms with van der Waals surface area (Å²) in [6.45, 7) is 0. The van der Waals surface area contributed by atoms with Gasteiger partial charge in [0.05, 0.1) is 10.7 Å². The maximum absolute atomic E-state index is 13.5. The third-order valence-electron chi connectivity index (χ3n) is 2.48. The lowest BCUT2D eigenvalue weighted by molar-refractivity contribution is 0.102. The smallest absolute Gasteiger partial charge is 0.274 e. The molecule has 0 aliphatic heterocycles. The van der Waals surface area contributed by atoms with Gasteiger partial charge in [0.25, 0.3) is 5.91 Å². The van der Waals surface area contributed by atoms with Crippen LogP contribution in [0.15, 0.2) is 36.5 Å². The molecule has 6 heteroatoms. The number of nitrogens with one attached hydrogen (secondary N) is 2. The minimum absolute atomic E-state index is 0.0502. The third-order valence-corrected chi connectivity index (χ3v) is 2.80. The second kappa shape index (κ2) is 5.67. The van der Waals surface area contributed by atoms with Gasteiger partial charge in [-0.15, -0.1) is 0 Å². The molecule has 0 bridgehead atoms. The zero-order valence-corrected chi connectivity index (χ0v) is 10.8. The topological polar surface area (TPSA) is 54.0 Å². The summed E-state index contributed by atoms with van der Waals surface area (Å²) < 4.78 is 13.5. The molecule has 0 fully saturated rings. The zero-order valence-electron chi connectivity index (χ0n) is 10.1. The molecule has 0 spiro atoms. The zero-order chi connectivity index (χ0) is 13.8. The van der Waals surface area contributed by atoms with Crippen molar-refractivity contribution in [3.8, 4) is 0 Å². The van der Waals surface area contributed by atoms with Crippen LogP contribution in [0, 0.1) is 5.82 Å². The van der Waals surface area contributed by atoms with Crippen LogP contribution in [0.3, 0.4) is 0 Å². The van der Waals surface area contributed by atoms with E-state index in [0.29, 0.717) is 0 Å². The first-order valence-electron chi connectivity index (χ1n) is 5.51. The lowest BCUT2D eigenvalue weighted by atomic mass is 10.2. The Morgan fingerprint density at radius 2 is 2.16 bits per heavy atom. The highest BCUT2D eigenvalue weighted by Gasteiger charge is 2.13. The third kappa shape index (κ3) is 3.00. The van der Waals surface area contributed by atoms with Crippen molar-refractivity contribution in [3.05, 3.63) is 53.1 Å². The fourth-order valence-corrected chi connectivity index (χ4v) is 1.72. The molecule has 0 aliphatic rings. The highest BCUT2D eigenvalue weighted by molar-refractivity contribution is 6.33. The summed E-state index contributed by atoms with van der Waals surface area (Å²) in [5, 5.41) is 5.44. The Labute approximate surface area is 114 Å². The summed E-state index contributed by atoms with van der Waals surface area (Å²) in [6.07, 6.45) is 1.49. The van der Waals surface area contributed by atoms with Crippen molar-refractivity contribution in [3.63, 3.8) is 0 Å². The molecule has 0 aliphatic carbocycles. The molecule has 98 valence electrons. The van der Waals surface area contributed by atoms with Crippen LogP contribution < -0.4 is 10.6 Å². The molecule has 1 aromatic heterocycles. The number of hydrogen-bond donors (Lipinski definition) is 2. The molecule has 19 heavy (non-hydrogen) atoms. The number of para-hydroxylation sites is 1. The average Bonchev–Trinajstić information content (AvgIpc) is 2.43. The van der Waals surface area contributed by atoms with E-state index in [4.69, 9.17) is 11.6 Å². The van der Waals surface area contributed by atoms with Crippen LogP contribution in [-0.2, 0) is 0 Å². The maximum atomic E-state index is 13.5. The molecule has 1 heterocycles. The first-order chi connectivity index (χ1) is 9.11. The van der Waals surface area contributed by atoms with Gasteiger partial charge in [0.15, 0.2) is 0 Å². The number of aromatic nitrogens is 1. The van der Waals surface area contributed by atoms with Crippen LogP contribution in [0.1, 0.15) is 10.5 Å². The monoisotopic (exact) mass is 279 g/mol. The van der Waals surface area contributed by atoms with Gasteiger partial charge in [-0.25, -0.2) is 4.39 Å². The molecule has 0 saturated carbocycles. The summed E-state index contributed by atoms with van der Waals surface area (Å²) >= 11 is 5.83. The summed E-state index contributed by atoms with van der Waals surface area (Å²) in [7, 11) is 1.73. The predicted octanol–water partition coefficient (Wildman–Crippen LogP) is 3.17. The number of nitrogens with zero attached hydrogens (tertiary/aromatic N) is 1. The van der Waals surface area contributed by atoms with E-state index in [1.807, 2.05) is 0 Å². The first kappa shape index (κ1) is 13.3. The minimum Gasteiger partial charge on any atom is -0.388 e. The molecule has 2 aromatic rings. The SMILES string of the molecule is CNc1ccnc(C(=O)Nc2c(F)cccc2Cl)c1. The molecule has 1 amide bonds. The average molecular weight is 280 g/mol. The van der Waals surface area contributed by atoms with E-state index >= 15 is 0 Å². The molecule has 0 radical (unpaired) electrons. The van der Waals surface area contributed by atoms with Crippen LogP contribution in [-0.4, -0.2) is 17.9 Å². The van der Waals surface area contributed by atoms with Gasteiger partial charge in [-0.3, -0.25) is 9.78 Å². The number of hydrogen-bond acceptors (Lipinski definition) is 3. The van der Waals surface area contributed by atoms with E-state index in [-0.39, 0.29) is 16.4 Å². The molecule has 0 atom stereocenters. The number of halogens is 2. The second-order valence-electron chi connectivity index (χ2n) is 3.73. The molecule has 4 nitrogen and oxygen atoms in total. The lowest BCUT2D eigenvalue weighted by Gasteiger charge is -2.08. The Bertz CT molecular complexity index is 598. The molecular weight excluding hydrogens is 269 g/mol. The lowest BCUT2D eigenvalue weighted by Crippen LogP contribution is -2.15. The largest absolute Gasteiger partial charge is 0.388 e. The van der Waals surface area contributed by atoms with Gasteiger partial charge in [-0.2, -0.15) is 0 Å². The van der Waals surface area contributed by atoms with Crippen LogP contribution >= 0.6 is 11.6 Å². The number of rotatable bonds is 3. The summed E-state index contributed by atoms with van der Waals surface area (Å²) in [5.74, 6) is -1.12. The maximum Gasteiger partial charge on any atom is 0.274 e. The van der Waals surface area contributed by atoms with Crippen molar-refractivity contribution in [2.75, 3.05) is 17.7 Å². The highest BCUT2D eigenvalue weighted by Crippen LogP contribution is 2.25. The van der Waals surface area contributed by atoms with Gasteiger partial charge in [-0.05, 0) is 24.3 Å². The van der Waals surface area contributed by atoms with Gasteiger partial charge < -0.3 is 10.6 Å². The van der Waals surface area contributed by atoms with E-state index < -0.39 is 11.7 Å². The first-order valence-corrected chi connectivity index (χ1v) is 5.89. The Morgan fingerprint density at radius 3 is 2.84 bits per heavy atom. The predicted molar refractivity (Wildman–Crippen MR) is 73.1 cm³/mol. The van der Waals surface area contributed by atoms with E-state index in [1.54, 1.807) is 19.2 Å². The Morgan fingerprint density at radius 1 is 1.37 bits per heavy atom. The van der Waals surface area contributed by atoms with Crippen LogP contribution in [0.25, 0.3) is 0 Å². The van der Waals surface area contributed by atoms with Crippen molar-refractivity contribution >= 4 is 28.9 Å². The van der Waals surface area contributed by atoms with Gasteiger partial charge in [0.2, 0.25) is 0 Å². The molecule has 0 saturated heterocycles. The van der Waals surface area contributed by atoms with E-state index in [2.05, 4.69) is 15.6 Å². The van der Waals surface area contributed by atoms with Gasteiger partial charge in [0.1, 0.15) is 11.5 Å². The number of amides is 1. The fourth-order valence-electron chi connectivity index (χ4n) is 1.51. The second-order valence-corrected chi connectivity index (χ2v) is 4.14. The minimum atomic E-state index is -0.592. The normalized spacial score (nSPS) is 10.1. The van der Waals surface area contributed by atoms with Crippen molar-refractivity contribution < 1.29 is 9.18 Å². The molecule has 0 unspecified atom stereocenters. The quantitative estimate of drug-likeness (QED) is 0.907. The van der Waals surface area contributed by atoms with Gasteiger partial charge >= 0.3 is 0 Å². The molecule has 2 rings (SSSR count). The molecule has 1 aromatic carbocycles. The van der Waals surface area contributed by atoms with Crippen LogP contribution in [0.5, 0.6) is 0 Å². The van der Waals surface area contributed by atoms with E-state index in [1.165, 1.54) is 24.4 Å². The molecular formula is C13H11ClFN3O. The van der Waals surface area contributed by atoms with Gasteiger partial charge in [-0.1, -0.05) is 17.7 Å². The number of carbonyl (C=O) groups is 1. The summed E-state index contributed by atoms with van der Waals surface area (Å²) in [5.41, 5.74) is 0.858. The number of pyridine rings is 1. The standard InChI is InChI=1S/C13H11ClFN3O/c1-16-8-5-6-17-11(7-8)13(19)18-12-9(14)3-2-4-10(12)15/h2-7H,1H3,(H,16,17)(H,18,19). The van der Waals surface area contributed by atoms with E-state index in [0.717, 1.165) is 5.69 Å². The van der Waals surface area contributed by atoms with Crippen LogP contribution in [0.4, 0.5) is 15.8 Å². The fraction of sp³-hybridized carbons (Fsp3) is 0.0769. The Kier molecular flexibility index (Phi) is 3.97. The van der Waals surface area contributed by atoms with Crippen molar-refractivity contribution in [1.29, 1.82) is 0 Å². The number of anilines is 2. The van der Waals surface area contributed by atoms with E-state index in [9.17, 15) is 9.18 Å². The number of carbonyl (C=O) groups excluding carboxylic acids is 1. The van der Waals surface area contributed by atoms with Crippen LogP contribution in [0.2, 0.25) is 5.02 Å². The summed E-state index contributed by atoms with van der Waals surface area (Å²) in [4.78, 5) is 15.9. The Hall–Kier alpha value is -2.14.